The average molecular weight is 345 g/mol. The number of aromatic nitrogens is 1. The fourth-order valence-corrected chi connectivity index (χ4v) is 4.50. The lowest BCUT2D eigenvalue weighted by Crippen LogP contribution is -2.46. The highest BCUT2D eigenvalue weighted by Gasteiger charge is 2.52. The van der Waals surface area contributed by atoms with Gasteiger partial charge in [0.25, 0.3) is 5.91 Å². The van der Waals surface area contributed by atoms with Crippen molar-refractivity contribution in [3.8, 4) is 0 Å². The van der Waals surface area contributed by atoms with Gasteiger partial charge in [-0.25, -0.2) is 0 Å². The molecule has 2 saturated heterocycles. The van der Waals surface area contributed by atoms with Crippen LogP contribution in [0.2, 0.25) is 0 Å². The van der Waals surface area contributed by atoms with Crippen LogP contribution in [0.5, 0.6) is 0 Å². The minimum absolute atomic E-state index is 0.000902. The maximum Gasteiger partial charge on any atom is 0.272 e. The molecule has 1 aromatic rings. The number of amides is 2. The molecule has 3 rings (SSSR count). The molecule has 2 amide bonds. The van der Waals surface area contributed by atoms with Gasteiger partial charge in [0, 0.05) is 32.8 Å². The summed E-state index contributed by atoms with van der Waals surface area (Å²) in [6, 6.07) is 3.74. The van der Waals surface area contributed by atoms with Crippen LogP contribution in [0.25, 0.3) is 0 Å². The van der Waals surface area contributed by atoms with Gasteiger partial charge in [-0.15, -0.1) is 0 Å². The Balaban J connectivity index is 1.71. The van der Waals surface area contributed by atoms with E-state index in [4.69, 9.17) is 0 Å². The number of hydrogen-bond acceptors (Lipinski definition) is 4. The Morgan fingerprint density at radius 1 is 1.32 bits per heavy atom. The van der Waals surface area contributed by atoms with Crippen molar-refractivity contribution in [2.45, 2.75) is 45.6 Å². The molecule has 136 valence electrons. The third-order valence-electron chi connectivity index (χ3n) is 5.95. The fourth-order valence-electron chi connectivity index (χ4n) is 4.50. The molecule has 0 aromatic carbocycles. The van der Waals surface area contributed by atoms with Crippen molar-refractivity contribution in [3.63, 3.8) is 0 Å². The second-order valence-corrected chi connectivity index (χ2v) is 7.90. The van der Waals surface area contributed by atoms with E-state index >= 15 is 0 Å². The Hall–Kier alpha value is -1.95. The van der Waals surface area contributed by atoms with Crippen LogP contribution in [-0.2, 0) is 4.79 Å². The van der Waals surface area contributed by atoms with Gasteiger partial charge >= 0.3 is 0 Å². The van der Waals surface area contributed by atoms with E-state index in [1.807, 2.05) is 35.8 Å². The van der Waals surface area contributed by atoms with Crippen LogP contribution in [0.1, 0.15) is 49.2 Å². The van der Waals surface area contributed by atoms with Crippen LogP contribution in [0.15, 0.2) is 18.3 Å². The number of carbonyl (C=O) groups excluding carboxylic acids is 2. The highest BCUT2D eigenvalue weighted by molar-refractivity contribution is 5.93. The van der Waals surface area contributed by atoms with E-state index in [0.29, 0.717) is 25.3 Å². The summed E-state index contributed by atoms with van der Waals surface area (Å²) in [5.74, 6) is -0.00432. The van der Waals surface area contributed by atoms with Gasteiger partial charge in [0.2, 0.25) is 5.91 Å². The largest absolute Gasteiger partial charge is 0.394 e. The zero-order valence-corrected chi connectivity index (χ0v) is 15.3. The van der Waals surface area contributed by atoms with Gasteiger partial charge in [-0.1, -0.05) is 6.07 Å². The van der Waals surface area contributed by atoms with Crippen molar-refractivity contribution in [1.82, 2.24) is 14.8 Å². The standard InChI is InChI=1S/C19H27N3O3/c1-14-5-4-8-20-16(14)17(25)21-9-6-19(7-10-21)11-18(3,13-23)22(12-19)15(2)24/h4-5,8,23H,6-7,9-13H2,1-3H3. The van der Waals surface area contributed by atoms with Gasteiger partial charge in [-0.2, -0.15) is 0 Å². The molecule has 0 aliphatic carbocycles. The van der Waals surface area contributed by atoms with Crippen molar-refractivity contribution in [3.05, 3.63) is 29.6 Å². The number of likely N-dealkylation sites (tertiary alicyclic amines) is 2. The molecule has 6 heteroatoms. The van der Waals surface area contributed by atoms with E-state index in [1.54, 1.807) is 13.1 Å². The molecule has 1 unspecified atom stereocenters. The Labute approximate surface area is 148 Å². The lowest BCUT2D eigenvalue weighted by molar-refractivity contribution is -0.134. The number of nitrogens with zero attached hydrogens (tertiary/aromatic N) is 3. The van der Waals surface area contributed by atoms with Gasteiger partial charge in [0.1, 0.15) is 5.69 Å². The maximum atomic E-state index is 12.7. The lowest BCUT2D eigenvalue weighted by atomic mass is 9.74. The number of piperidine rings is 1. The van der Waals surface area contributed by atoms with Gasteiger partial charge in [-0.3, -0.25) is 14.6 Å². The van der Waals surface area contributed by atoms with Crippen molar-refractivity contribution >= 4 is 11.8 Å². The SMILES string of the molecule is CC(=O)N1CC2(CCN(C(=O)c3ncccc3C)CC2)CC1(C)CO. The molecule has 3 heterocycles. The molecule has 1 aromatic heterocycles. The van der Waals surface area contributed by atoms with Gasteiger partial charge < -0.3 is 14.9 Å². The molecule has 2 aliphatic heterocycles. The molecule has 1 atom stereocenters. The van der Waals surface area contributed by atoms with Gasteiger partial charge in [0.15, 0.2) is 0 Å². The molecular formula is C19H27N3O3. The number of pyridine rings is 1. The summed E-state index contributed by atoms with van der Waals surface area (Å²) in [6.45, 7) is 7.41. The first-order valence-corrected chi connectivity index (χ1v) is 8.90. The Morgan fingerprint density at radius 2 is 2.00 bits per heavy atom. The maximum absolute atomic E-state index is 12.7. The van der Waals surface area contributed by atoms with Crippen molar-refractivity contribution in [2.24, 2.45) is 5.41 Å². The van der Waals surface area contributed by atoms with Crippen LogP contribution >= 0.6 is 0 Å². The summed E-state index contributed by atoms with van der Waals surface area (Å²) < 4.78 is 0. The third-order valence-corrected chi connectivity index (χ3v) is 5.95. The van der Waals surface area contributed by atoms with E-state index < -0.39 is 5.54 Å². The van der Waals surface area contributed by atoms with E-state index in [9.17, 15) is 14.7 Å². The number of aryl methyl sites for hydroxylation is 1. The molecule has 6 nitrogen and oxygen atoms in total. The number of rotatable bonds is 2. The van der Waals surface area contributed by atoms with Gasteiger partial charge in [0.05, 0.1) is 12.1 Å². The van der Waals surface area contributed by atoms with Crippen LogP contribution in [0.4, 0.5) is 0 Å². The van der Waals surface area contributed by atoms with Crippen molar-refractivity contribution in [1.29, 1.82) is 0 Å². The Bertz CT molecular complexity index is 682. The summed E-state index contributed by atoms with van der Waals surface area (Å²) in [6.07, 6.45) is 4.15. The molecule has 2 fully saturated rings. The van der Waals surface area contributed by atoms with E-state index in [1.165, 1.54) is 0 Å². The molecule has 2 aliphatic rings. The Morgan fingerprint density at radius 3 is 2.52 bits per heavy atom. The molecule has 0 saturated carbocycles. The number of hydrogen-bond donors (Lipinski definition) is 1. The van der Waals surface area contributed by atoms with Crippen LogP contribution < -0.4 is 0 Å². The molecule has 1 spiro atoms. The van der Waals surface area contributed by atoms with E-state index in [0.717, 1.165) is 24.8 Å². The number of aliphatic hydroxyl groups excluding tert-OH is 1. The minimum atomic E-state index is -0.490. The fraction of sp³-hybridized carbons (Fsp3) is 0.632. The molecule has 0 radical (unpaired) electrons. The van der Waals surface area contributed by atoms with Crippen molar-refractivity contribution in [2.75, 3.05) is 26.2 Å². The quantitative estimate of drug-likeness (QED) is 0.884. The normalized spacial score (nSPS) is 25.4. The van der Waals surface area contributed by atoms with E-state index in [-0.39, 0.29) is 23.8 Å². The number of carbonyl (C=O) groups is 2. The predicted molar refractivity (Wildman–Crippen MR) is 94.0 cm³/mol. The first kappa shape index (κ1) is 17.9. The minimum Gasteiger partial charge on any atom is -0.394 e. The summed E-state index contributed by atoms with van der Waals surface area (Å²) in [4.78, 5) is 32.6. The zero-order chi connectivity index (χ0) is 18.2. The average Bonchev–Trinajstić information content (AvgIpc) is 2.89. The monoisotopic (exact) mass is 345 g/mol. The smallest absolute Gasteiger partial charge is 0.272 e. The molecule has 0 bridgehead atoms. The second kappa shape index (κ2) is 6.41. The summed E-state index contributed by atoms with van der Waals surface area (Å²) >= 11 is 0. The summed E-state index contributed by atoms with van der Waals surface area (Å²) in [5, 5.41) is 9.81. The topological polar surface area (TPSA) is 73.7 Å². The predicted octanol–water partition coefficient (Wildman–Crippen LogP) is 1.62. The highest BCUT2D eigenvalue weighted by atomic mass is 16.3. The Kier molecular flexibility index (Phi) is 4.58. The first-order chi connectivity index (χ1) is 11.8. The van der Waals surface area contributed by atoms with Crippen molar-refractivity contribution < 1.29 is 14.7 Å². The number of aliphatic hydroxyl groups is 1. The summed E-state index contributed by atoms with van der Waals surface area (Å²) in [7, 11) is 0. The second-order valence-electron chi connectivity index (χ2n) is 7.90. The first-order valence-electron chi connectivity index (χ1n) is 8.90. The highest BCUT2D eigenvalue weighted by Crippen LogP contribution is 2.48. The summed E-state index contributed by atoms with van der Waals surface area (Å²) in [5.41, 5.74) is 0.925. The van der Waals surface area contributed by atoms with E-state index in [2.05, 4.69) is 4.98 Å². The van der Waals surface area contributed by atoms with Crippen LogP contribution in [-0.4, -0.2) is 63.5 Å². The van der Waals surface area contributed by atoms with Crippen LogP contribution in [0, 0.1) is 12.3 Å². The molecular weight excluding hydrogens is 318 g/mol. The van der Waals surface area contributed by atoms with Gasteiger partial charge in [-0.05, 0) is 50.2 Å². The molecule has 1 N–H and O–H groups in total. The third kappa shape index (κ3) is 3.15. The zero-order valence-electron chi connectivity index (χ0n) is 15.3. The molecule has 25 heavy (non-hydrogen) atoms. The van der Waals surface area contributed by atoms with Crippen LogP contribution in [0.3, 0.4) is 0 Å². The lowest BCUT2D eigenvalue weighted by Gasteiger charge is -2.39.